The Morgan fingerprint density at radius 3 is 2.58 bits per heavy atom. The van der Waals surface area contributed by atoms with Crippen molar-refractivity contribution in [2.45, 2.75) is 56.2 Å². The fourth-order valence-corrected chi connectivity index (χ4v) is 5.37. The van der Waals surface area contributed by atoms with E-state index in [0.29, 0.717) is 36.2 Å². The number of carbonyl (C=O) groups excluding carboxylic acids is 3. The van der Waals surface area contributed by atoms with Crippen molar-refractivity contribution in [3.8, 4) is 0 Å². The number of sulfonamides is 1. The molecule has 1 saturated carbocycles. The number of imidazole rings is 1. The molecule has 3 amide bonds. The lowest BCUT2D eigenvalue weighted by atomic mass is 9.98. The molecule has 178 valence electrons. The number of amides is 3. The maximum Gasteiger partial charge on any atom is 0.326 e. The first-order valence-electron chi connectivity index (χ1n) is 10.8. The van der Waals surface area contributed by atoms with Crippen LogP contribution in [0.15, 0.2) is 23.1 Å². The number of benzene rings is 1. The van der Waals surface area contributed by atoms with Crippen molar-refractivity contribution < 1.29 is 27.5 Å². The lowest BCUT2D eigenvalue weighted by Crippen LogP contribution is -2.44. The standard InChI is InChI=1S/C21H27N5O6S/c1-4-25-16-8-7-14(33(30,31)24(2)3)11-15(16)22-17(25)13-32-18(27)12-26-19(28)21(23-20(26)29)9-5-6-10-21/h7-8,11H,4-6,9-10,12-13H2,1-3H3,(H,23,29). The fraction of sp³-hybridized carbons (Fsp3) is 0.524. The zero-order valence-electron chi connectivity index (χ0n) is 18.8. The number of urea groups is 1. The Kier molecular flexibility index (Phi) is 5.91. The lowest BCUT2D eigenvalue weighted by molar-refractivity contribution is -0.149. The molecule has 4 rings (SSSR count). The van der Waals surface area contributed by atoms with Crippen LogP contribution in [-0.4, -0.2) is 71.3 Å². The number of aryl methyl sites for hydroxylation is 1. The summed E-state index contributed by atoms with van der Waals surface area (Å²) in [5, 5.41) is 2.73. The number of rotatable bonds is 7. The van der Waals surface area contributed by atoms with Gasteiger partial charge >= 0.3 is 12.0 Å². The van der Waals surface area contributed by atoms with Crippen molar-refractivity contribution in [1.29, 1.82) is 0 Å². The monoisotopic (exact) mass is 477 g/mol. The summed E-state index contributed by atoms with van der Waals surface area (Å²) in [6.45, 7) is 1.78. The third-order valence-electron chi connectivity index (χ3n) is 6.25. The molecule has 33 heavy (non-hydrogen) atoms. The van der Waals surface area contributed by atoms with Crippen LogP contribution in [0.2, 0.25) is 0 Å². The van der Waals surface area contributed by atoms with E-state index in [1.54, 1.807) is 6.07 Å². The van der Waals surface area contributed by atoms with Crippen molar-refractivity contribution in [2.75, 3.05) is 20.6 Å². The summed E-state index contributed by atoms with van der Waals surface area (Å²) in [5.74, 6) is -0.666. The molecule has 12 heteroatoms. The second-order valence-corrected chi connectivity index (χ2v) is 10.6. The number of hydrogen-bond acceptors (Lipinski definition) is 7. The first-order chi connectivity index (χ1) is 15.6. The lowest BCUT2D eigenvalue weighted by Gasteiger charge is -2.19. The Morgan fingerprint density at radius 2 is 1.94 bits per heavy atom. The molecule has 2 aromatic rings. The number of fused-ring (bicyclic) bond motifs is 1. The molecule has 1 aromatic carbocycles. The van der Waals surface area contributed by atoms with Crippen LogP contribution in [0.1, 0.15) is 38.4 Å². The third kappa shape index (κ3) is 3.97. The number of ether oxygens (including phenoxy) is 1. The van der Waals surface area contributed by atoms with E-state index in [1.807, 2.05) is 11.5 Å². The van der Waals surface area contributed by atoms with Gasteiger partial charge in [-0.2, -0.15) is 0 Å². The highest BCUT2D eigenvalue weighted by Crippen LogP contribution is 2.35. The van der Waals surface area contributed by atoms with Crippen molar-refractivity contribution in [3.05, 3.63) is 24.0 Å². The van der Waals surface area contributed by atoms with E-state index in [2.05, 4.69) is 10.3 Å². The SMILES string of the molecule is CCn1c(COC(=O)CN2C(=O)NC3(CCCC3)C2=O)nc2cc(S(=O)(=O)N(C)C)ccc21. The van der Waals surface area contributed by atoms with Crippen LogP contribution in [0, 0.1) is 0 Å². The van der Waals surface area contributed by atoms with Gasteiger partial charge in [0, 0.05) is 20.6 Å². The van der Waals surface area contributed by atoms with E-state index in [4.69, 9.17) is 4.74 Å². The van der Waals surface area contributed by atoms with Gasteiger partial charge in [-0.1, -0.05) is 12.8 Å². The van der Waals surface area contributed by atoms with Gasteiger partial charge in [-0.15, -0.1) is 0 Å². The molecular formula is C21H27N5O6S. The Morgan fingerprint density at radius 1 is 1.24 bits per heavy atom. The van der Waals surface area contributed by atoms with Crippen LogP contribution in [0.25, 0.3) is 11.0 Å². The predicted molar refractivity (Wildman–Crippen MR) is 118 cm³/mol. The normalized spacial score (nSPS) is 18.0. The third-order valence-corrected chi connectivity index (χ3v) is 8.06. The topological polar surface area (TPSA) is 131 Å². The summed E-state index contributed by atoms with van der Waals surface area (Å²) in [6, 6.07) is 4.09. The van der Waals surface area contributed by atoms with E-state index in [0.717, 1.165) is 22.0 Å². The fourth-order valence-electron chi connectivity index (χ4n) is 4.45. The molecule has 1 spiro atoms. The van der Waals surface area contributed by atoms with Crippen LogP contribution >= 0.6 is 0 Å². The molecule has 1 aliphatic heterocycles. The second-order valence-electron chi connectivity index (χ2n) is 8.48. The number of nitrogens with one attached hydrogen (secondary N) is 1. The molecule has 2 heterocycles. The molecule has 0 radical (unpaired) electrons. The van der Waals surface area contributed by atoms with Gasteiger partial charge in [-0.05, 0) is 38.0 Å². The van der Waals surface area contributed by atoms with Crippen LogP contribution in [0.3, 0.4) is 0 Å². The summed E-state index contributed by atoms with van der Waals surface area (Å²) < 4.78 is 33.1. The van der Waals surface area contributed by atoms with Crippen molar-refractivity contribution >= 4 is 39.0 Å². The molecule has 0 unspecified atom stereocenters. The van der Waals surface area contributed by atoms with Gasteiger partial charge in [0.1, 0.15) is 24.5 Å². The van der Waals surface area contributed by atoms with Gasteiger partial charge in [-0.3, -0.25) is 14.5 Å². The number of esters is 1. The van der Waals surface area contributed by atoms with E-state index >= 15 is 0 Å². The zero-order chi connectivity index (χ0) is 24.0. The van der Waals surface area contributed by atoms with Gasteiger partial charge in [0.2, 0.25) is 10.0 Å². The molecule has 1 aliphatic carbocycles. The molecule has 1 saturated heterocycles. The Bertz CT molecular complexity index is 1230. The van der Waals surface area contributed by atoms with Gasteiger partial charge in [0.15, 0.2) is 0 Å². The van der Waals surface area contributed by atoms with E-state index in [9.17, 15) is 22.8 Å². The molecule has 1 aromatic heterocycles. The predicted octanol–water partition coefficient (Wildman–Crippen LogP) is 1.21. The second kappa shape index (κ2) is 8.41. The maximum absolute atomic E-state index is 12.7. The summed E-state index contributed by atoms with van der Waals surface area (Å²) in [5.41, 5.74) is 0.291. The highest BCUT2D eigenvalue weighted by Gasteiger charge is 2.52. The van der Waals surface area contributed by atoms with Gasteiger partial charge < -0.3 is 14.6 Å². The smallest absolute Gasteiger partial charge is 0.326 e. The van der Waals surface area contributed by atoms with Crippen LogP contribution in [0.4, 0.5) is 4.79 Å². The van der Waals surface area contributed by atoms with Crippen molar-refractivity contribution in [1.82, 2.24) is 24.1 Å². The highest BCUT2D eigenvalue weighted by atomic mass is 32.2. The number of nitrogens with zero attached hydrogens (tertiary/aromatic N) is 4. The summed E-state index contributed by atoms with van der Waals surface area (Å²) >= 11 is 0. The van der Waals surface area contributed by atoms with Gasteiger partial charge in [0.25, 0.3) is 5.91 Å². The molecule has 0 atom stereocenters. The van der Waals surface area contributed by atoms with Crippen molar-refractivity contribution in [2.24, 2.45) is 0 Å². The first kappa shape index (κ1) is 23.2. The first-order valence-corrected chi connectivity index (χ1v) is 12.2. The summed E-state index contributed by atoms with van der Waals surface area (Å²) in [6.07, 6.45) is 2.87. The van der Waals surface area contributed by atoms with Crippen LogP contribution < -0.4 is 5.32 Å². The number of aromatic nitrogens is 2. The Hall–Kier alpha value is -2.99. The number of hydrogen-bond donors (Lipinski definition) is 1. The maximum atomic E-state index is 12.7. The van der Waals surface area contributed by atoms with E-state index < -0.39 is 34.1 Å². The Labute approximate surface area is 191 Å². The minimum Gasteiger partial charge on any atom is -0.456 e. The molecule has 2 aliphatic rings. The molecule has 2 fully saturated rings. The molecule has 1 N–H and O–H groups in total. The van der Waals surface area contributed by atoms with Gasteiger partial charge in [0.05, 0.1) is 15.9 Å². The summed E-state index contributed by atoms with van der Waals surface area (Å²) in [4.78, 5) is 42.8. The quantitative estimate of drug-likeness (QED) is 0.468. The number of carbonyl (C=O) groups is 3. The molecule has 11 nitrogen and oxygen atoms in total. The van der Waals surface area contributed by atoms with Crippen LogP contribution in [0.5, 0.6) is 0 Å². The molecule has 0 bridgehead atoms. The average molecular weight is 478 g/mol. The average Bonchev–Trinajstić information content (AvgIpc) is 3.44. The molecular weight excluding hydrogens is 450 g/mol. The largest absolute Gasteiger partial charge is 0.456 e. The van der Waals surface area contributed by atoms with E-state index in [-0.39, 0.29) is 17.4 Å². The Balaban J connectivity index is 1.48. The minimum atomic E-state index is -3.61. The van der Waals surface area contributed by atoms with Crippen molar-refractivity contribution in [3.63, 3.8) is 0 Å². The number of imide groups is 1. The zero-order valence-corrected chi connectivity index (χ0v) is 19.6. The summed E-state index contributed by atoms with van der Waals surface area (Å²) in [7, 11) is -0.708. The van der Waals surface area contributed by atoms with Gasteiger partial charge in [-0.25, -0.2) is 22.5 Å². The minimum absolute atomic E-state index is 0.115. The van der Waals surface area contributed by atoms with Crippen LogP contribution in [-0.2, 0) is 37.5 Å². The van der Waals surface area contributed by atoms with E-state index in [1.165, 1.54) is 26.2 Å². The highest BCUT2D eigenvalue weighted by molar-refractivity contribution is 7.89.